The van der Waals surface area contributed by atoms with E-state index in [1.165, 1.54) is 21.8 Å². The Morgan fingerprint density at radius 1 is 0.239 bits per heavy atom. The number of fused-ring (bicyclic) bond motifs is 3. The maximum atomic E-state index is 5.22. The van der Waals surface area contributed by atoms with Gasteiger partial charge in [0.05, 0.1) is 39.5 Å². The van der Waals surface area contributed by atoms with Crippen molar-refractivity contribution in [3.63, 3.8) is 0 Å². The number of hydrogen-bond acceptors (Lipinski definition) is 3. The lowest BCUT2D eigenvalue weighted by Gasteiger charge is -2.15. The van der Waals surface area contributed by atoms with Gasteiger partial charge in [-0.25, -0.2) is 9.97 Å². The van der Waals surface area contributed by atoms with E-state index < -0.39 is 0 Å². The van der Waals surface area contributed by atoms with Crippen LogP contribution >= 0.6 is 0 Å². The van der Waals surface area contributed by atoms with Crippen LogP contribution in [0, 0.1) is 0 Å². The van der Waals surface area contributed by atoms with Gasteiger partial charge in [-0.3, -0.25) is 4.98 Å². The van der Waals surface area contributed by atoms with Crippen molar-refractivity contribution in [3.05, 3.63) is 255 Å². The molecule has 0 saturated heterocycles. The monoisotopic (exact) mass is 854 g/mol. The Morgan fingerprint density at radius 2 is 0.627 bits per heavy atom. The number of para-hydroxylation sites is 2. The molecule has 0 saturated carbocycles. The molecule has 0 amide bonds. The van der Waals surface area contributed by atoms with Crippen molar-refractivity contribution in [2.24, 2.45) is 0 Å². The van der Waals surface area contributed by atoms with E-state index in [9.17, 15) is 0 Å². The van der Waals surface area contributed by atoms with Crippen molar-refractivity contribution < 1.29 is 0 Å². The summed E-state index contributed by atoms with van der Waals surface area (Å²) in [5.74, 6) is 0. The van der Waals surface area contributed by atoms with Crippen molar-refractivity contribution in [2.75, 3.05) is 0 Å². The molecule has 0 radical (unpaired) electrons. The van der Waals surface area contributed by atoms with Crippen LogP contribution in [-0.2, 0) is 0 Å². The van der Waals surface area contributed by atoms with E-state index in [4.69, 9.17) is 15.0 Å². The van der Waals surface area contributed by atoms with Crippen LogP contribution in [0.3, 0.4) is 0 Å². The largest absolute Gasteiger partial charge is 0.309 e. The molecule has 12 rings (SSSR count). The molecule has 0 spiro atoms. The van der Waals surface area contributed by atoms with Crippen LogP contribution in [0.4, 0.5) is 0 Å². The Balaban J connectivity index is 1.02. The molecule has 0 aliphatic carbocycles. The molecule has 67 heavy (non-hydrogen) atoms. The molecule has 0 atom stereocenters. The van der Waals surface area contributed by atoms with E-state index in [0.29, 0.717) is 0 Å². The molecule has 0 unspecified atom stereocenters. The first-order valence-electron chi connectivity index (χ1n) is 22.7. The summed E-state index contributed by atoms with van der Waals surface area (Å²) in [7, 11) is 0. The van der Waals surface area contributed by atoms with Crippen molar-refractivity contribution in [2.45, 2.75) is 0 Å². The highest BCUT2D eigenvalue weighted by molar-refractivity contribution is 6.10. The minimum absolute atomic E-state index is 0.917. The maximum absolute atomic E-state index is 5.22. The second kappa shape index (κ2) is 17.2. The highest BCUT2D eigenvalue weighted by atomic mass is 15.0. The quantitative estimate of drug-likeness (QED) is 0.145. The van der Waals surface area contributed by atoms with Gasteiger partial charge in [0.1, 0.15) is 0 Å². The zero-order chi connectivity index (χ0) is 44.5. The molecule has 4 heteroatoms. The van der Waals surface area contributed by atoms with Gasteiger partial charge >= 0.3 is 0 Å². The van der Waals surface area contributed by atoms with E-state index in [0.717, 1.165) is 95.4 Å². The average molecular weight is 855 g/mol. The molecule has 12 aromatic rings. The molecule has 4 aromatic heterocycles. The van der Waals surface area contributed by atoms with Gasteiger partial charge in [-0.05, 0) is 107 Å². The lowest BCUT2D eigenvalue weighted by Crippen LogP contribution is -1.94. The fourth-order valence-corrected chi connectivity index (χ4v) is 9.27. The van der Waals surface area contributed by atoms with Gasteiger partial charge in [0.25, 0.3) is 0 Å². The summed E-state index contributed by atoms with van der Waals surface area (Å²) < 4.78 is 2.35. The van der Waals surface area contributed by atoms with Crippen molar-refractivity contribution >= 4 is 21.8 Å². The van der Waals surface area contributed by atoms with Crippen LogP contribution in [0.1, 0.15) is 0 Å². The summed E-state index contributed by atoms with van der Waals surface area (Å²) in [6, 6.07) is 87.8. The number of rotatable bonds is 9. The molecule has 0 aliphatic rings. The first kappa shape index (κ1) is 39.6. The normalized spacial score (nSPS) is 11.3. The van der Waals surface area contributed by atoms with E-state index >= 15 is 0 Å². The summed E-state index contributed by atoms with van der Waals surface area (Å²) in [5, 5.41) is 2.41. The zero-order valence-electron chi connectivity index (χ0n) is 36.5. The number of benzene rings is 8. The Bertz CT molecular complexity index is 3440. The molecular weight excluding hydrogens is 813 g/mol. The van der Waals surface area contributed by atoms with Crippen LogP contribution in [0.15, 0.2) is 255 Å². The minimum Gasteiger partial charge on any atom is -0.309 e. The molecule has 0 N–H and O–H groups in total. The first-order valence-corrected chi connectivity index (χ1v) is 22.7. The van der Waals surface area contributed by atoms with Gasteiger partial charge in [0, 0.05) is 56.0 Å². The minimum atomic E-state index is 0.917. The highest BCUT2D eigenvalue weighted by Gasteiger charge is 2.17. The number of nitrogens with zero attached hydrogens (tertiary/aromatic N) is 4. The number of aromatic nitrogens is 4. The van der Waals surface area contributed by atoms with Crippen LogP contribution < -0.4 is 0 Å². The lowest BCUT2D eigenvalue weighted by molar-refractivity contribution is 1.18. The molecule has 0 bridgehead atoms. The Morgan fingerprint density at radius 3 is 1.09 bits per heavy atom. The molecule has 314 valence electrons. The number of pyridine rings is 3. The highest BCUT2D eigenvalue weighted by Crippen LogP contribution is 2.39. The van der Waals surface area contributed by atoms with Gasteiger partial charge in [-0.1, -0.05) is 170 Å². The SMILES string of the molecule is c1ccc(-c2cc(-c3cc(-c4ccc(-c5ccc6c(c5)c5ccccc5n6-c5ccccc5)nc4)cc(-c4cc(-c5ccccc5)nc(-c5ccccc5)c4)c3)cc(-c3ccccc3)n2)cc1. The second-order valence-electron chi connectivity index (χ2n) is 16.9. The summed E-state index contributed by atoms with van der Waals surface area (Å²) in [4.78, 5) is 15.6. The van der Waals surface area contributed by atoms with Gasteiger partial charge in [0.2, 0.25) is 0 Å². The Hall–Kier alpha value is -8.99. The molecule has 4 nitrogen and oxygen atoms in total. The van der Waals surface area contributed by atoms with E-state index in [2.05, 4.69) is 229 Å². The summed E-state index contributed by atoms with van der Waals surface area (Å²) >= 11 is 0. The fraction of sp³-hybridized carbons (Fsp3) is 0. The van der Waals surface area contributed by atoms with Crippen LogP contribution in [-0.4, -0.2) is 19.5 Å². The summed E-state index contributed by atoms with van der Waals surface area (Å²) in [6.07, 6.45) is 2.02. The number of hydrogen-bond donors (Lipinski definition) is 0. The van der Waals surface area contributed by atoms with Crippen LogP contribution in [0.2, 0.25) is 0 Å². The van der Waals surface area contributed by atoms with Crippen molar-refractivity contribution in [3.8, 4) is 95.4 Å². The third kappa shape index (κ3) is 7.77. The third-order valence-electron chi connectivity index (χ3n) is 12.6. The second-order valence-corrected chi connectivity index (χ2v) is 16.9. The Labute approximate surface area is 389 Å². The van der Waals surface area contributed by atoms with Gasteiger partial charge in [0.15, 0.2) is 0 Å². The van der Waals surface area contributed by atoms with E-state index in [1.54, 1.807) is 0 Å². The predicted molar refractivity (Wildman–Crippen MR) is 278 cm³/mol. The van der Waals surface area contributed by atoms with E-state index in [1.807, 2.05) is 30.5 Å². The van der Waals surface area contributed by atoms with Crippen molar-refractivity contribution in [1.82, 2.24) is 19.5 Å². The van der Waals surface area contributed by atoms with Gasteiger partial charge < -0.3 is 4.57 Å². The van der Waals surface area contributed by atoms with Gasteiger partial charge in [-0.2, -0.15) is 0 Å². The Kier molecular flexibility index (Phi) is 10.2. The van der Waals surface area contributed by atoms with Gasteiger partial charge in [-0.15, -0.1) is 0 Å². The van der Waals surface area contributed by atoms with Crippen molar-refractivity contribution in [1.29, 1.82) is 0 Å². The molecule has 0 aliphatic heterocycles. The zero-order valence-corrected chi connectivity index (χ0v) is 36.5. The molecule has 8 aromatic carbocycles. The summed E-state index contributed by atoms with van der Waals surface area (Å²) in [6.45, 7) is 0. The average Bonchev–Trinajstić information content (AvgIpc) is 3.75. The standard InChI is InChI=1S/C63H42N4/c1-6-18-43(19-7-1)58-38-52(39-59(65-58)44-20-8-2-9-21-44)50-34-49(35-51(36-50)53-40-60(45-22-10-3-11-23-45)66-61(41-53)46-24-12-4-13-25-46)48-30-32-57(64-42-48)47-31-33-63-56(37-47)55-28-16-17-29-62(55)67(63)54-26-14-5-15-27-54/h1-42H. The fourth-order valence-electron chi connectivity index (χ4n) is 9.27. The van der Waals surface area contributed by atoms with Crippen LogP contribution in [0.5, 0.6) is 0 Å². The third-order valence-corrected chi connectivity index (χ3v) is 12.6. The first-order chi connectivity index (χ1) is 33.2. The summed E-state index contributed by atoms with van der Waals surface area (Å²) in [5.41, 5.74) is 19.8. The predicted octanol–water partition coefficient (Wildman–Crippen LogP) is 16.3. The lowest BCUT2D eigenvalue weighted by atomic mass is 9.91. The molecular formula is C63H42N4. The topological polar surface area (TPSA) is 43.6 Å². The van der Waals surface area contributed by atoms with E-state index in [-0.39, 0.29) is 0 Å². The van der Waals surface area contributed by atoms with Crippen LogP contribution in [0.25, 0.3) is 117 Å². The smallest absolute Gasteiger partial charge is 0.0715 e. The molecule has 4 heterocycles. The molecule has 0 fully saturated rings. The maximum Gasteiger partial charge on any atom is 0.0715 e.